The van der Waals surface area contributed by atoms with Crippen LogP contribution in [0.15, 0.2) is 24.8 Å². The molecular formula is C14H21N5. The first-order chi connectivity index (χ1) is 9.34. The lowest BCUT2D eigenvalue weighted by atomic mass is 9.95. The number of hydrogen-bond donors (Lipinski definition) is 1. The fourth-order valence-electron chi connectivity index (χ4n) is 2.86. The molecule has 1 saturated heterocycles. The molecule has 1 aliphatic rings. The normalized spacial score (nSPS) is 16.9. The minimum atomic E-state index is 0.662. The van der Waals surface area contributed by atoms with Crippen LogP contribution >= 0.6 is 0 Å². The lowest BCUT2D eigenvalue weighted by Gasteiger charge is -2.23. The van der Waals surface area contributed by atoms with Crippen LogP contribution in [-0.4, -0.2) is 32.4 Å². The monoisotopic (exact) mass is 259 g/mol. The van der Waals surface area contributed by atoms with E-state index in [0.29, 0.717) is 5.92 Å². The van der Waals surface area contributed by atoms with E-state index in [1.54, 1.807) is 0 Å². The van der Waals surface area contributed by atoms with Gasteiger partial charge in [0.1, 0.15) is 0 Å². The van der Waals surface area contributed by atoms with Gasteiger partial charge in [-0.15, -0.1) is 0 Å². The summed E-state index contributed by atoms with van der Waals surface area (Å²) in [5.41, 5.74) is 2.66. The fourth-order valence-corrected chi connectivity index (χ4v) is 2.86. The second-order valence-corrected chi connectivity index (χ2v) is 5.23. The van der Waals surface area contributed by atoms with Crippen LogP contribution in [0, 0.1) is 0 Å². The highest BCUT2D eigenvalue weighted by Crippen LogP contribution is 2.24. The van der Waals surface area contributed by atoms with E-state index in [9.17, 15) is 0 Å². The maximum absolute atomic E-state index is 4.34. The third-order valence-electron chi connectivity index (χ3n) is 4.03. The summed E-state index contributed by atoms with van der Waals surface area (Å²) in [6.07, 6.45) is 9.31. The summed E-state index contributed by atoms with van der Waals surface area (Å²) in [6.45, 7) is 3.23. The average Bonchev–Trinajstić information content (AvgIpc) is 3.06. The number of rotatable bonds is 4. The molecule has 102 valence electrons. The minimum Gasteiger partial charge on any atom is -0.334 e. The highest BCUT2D eigenvalue weighted by atomic mass is 15.3. The Bertz CT molecular complexity index is 521. The molecule has 0 saturated carbocycles. The molecule has 0 unspecified atom stereocenters. The first kappa shape index (κ1) is 12.4. The highest BCUT2D eigenvalue weighted by Gasteiger charge is 2.18. The molecule has 5 nitrogen and oxygen atoms in total. The number of aromatic nitrogens is 4. The predicted octanol–water partition coefficient (Wildman–Crippen LogP) is 1.33. The second kappa shape index (κ2) is 5.57. The van der Waals surface area contributed by atoms with Crippen molar-refractivity contribution in [3.63, 3.8) is 0 Å². The molecule has 0 atom stereocenters. The molecule has 0 amide bonds. The van der Waals surface area contributed by atoms with E-state index in [0.717, 1.165) is 26.1 Å². The van der Waals surface area contributed by atoms with Gasteiger partial charge in [0.15, 0.2) is 0 Å². The van der Waals surface area contributed by atoms with Crippen molar-refractivity contribution in [2.75, 3.05) is 13.1 Å². The number of nitrogens with zero attached hydrogens (tertiary/aromatic N) is 4. The second-order valence-electron chi connectivity index (χ2n) is 5.23. The standard InChI is InChI=1S/C14H21N5/c1-18-13(4-8-17-18)5-9-19-11-16-10-14(19)12-2-6-15-7-3-12/h4,8,10-12,15H,2-3,5-7,9H2,1H3. The lowest BCUT2D eigenvalue weighted by Crippen LogP contribution is -2.27. The van der Waals surface area contributed by atoms with Crippen molar-refractivity contribution < 1.29 is 0 Å². The molecule has 1 fully saturated rings. The topological polar surface area (TPSA) is 47.7 Å². The van der Waals surface area contributed by atoms with Crippen molar-refractivity contribution in [2.45, 2.75) is 31.7 Å². The van der Waals surface area contributed by atoms with Gasteiger partial charge in [0.25, 0.3) is 0 Å². The lowest BCUT2D eigenvalue weighted by molar-refractivity contribution is 0.438. The summed E-state index contributed by atoms with van der Waals surface area (Å²) in [7, 11) is 2.00. The maximum atomic E-state index is 4.34. The molecule has 0 aromatic carbocycles. The third kappa shape index (κ3) is 2.71. The first-order valence-corrected chi connectivity index (χ1v) is 7.02. The number of aryl methyl sites for hydroxylation is 3. The van der Waals surface area contributed by atoms with Crippen LogP contribution in [0.5, 0.6) is 0 Å². The Morgan fingerprint density at radius 1 is 1.37 bits per heavy atom. The SMILES string of the molecule is Cn1nccc1CCn1cncc1C1CCNCC1. The average molecular weight is 259 g/mol. The van der Waals surface area contributed by atoms with E-state index < -0.39 is 0 Å². The van der Waals surface area contributed by atoms with Gasteiger partial charge in [0.05, 0.1) is 6.33 Å². The Kier molecular flexibility index (Phi) is 3.64. The van der Waals surface area contributed by atoms with E-state index in [1.165, 1.54) is 24.2 Å². The van der Waals surface area contributed by atoms with Gasteiger partial charge < -0.3 is 9.88 Å². The summed E-state index contributed by atoms with van der Waals surface area (Å²) in [6, 6.07) is 2.08. The Morgan fingerprint density at radius 3 is 2.95 bits per heavy atom. The van der Waals surface area contributed by atoms with Crippen molar-refractivity contribution in [1.29, 1.82) is 0 Å². The Morgan fingerprint density at radius 2 is 2.21 bits per heavy atom. The number of hydrogen-bond acceptors (Lipinski definition) is 3. The molecule has 1 N–H and O–H groups in total. The van der Waals surface area contributed by atoms with Crippen LogP contribution in [0.3, 0.4) is 0 Å². The van der Waals surface area contributed by atoms with Gasteiger partial charge in [0.2, 0.25) is 0 Å². The maximum Gasteiger partial charge on any atom is 0.0948 e. The summed E-state index contributed by atoms with van der Waals surface area (Å²) < 4.78 is 4.25. The molecule has 0 bridgehead atoms. The Balaban J connectivity index is 1.68. The van der Waals surface area contributed by atoms with Crippen molar-refractivity contribution in [3.8, 4) is 0 Å². The summed E-state index contributed by atoms with van der Waals surface area (Å²) in [5, 5.41) is 7.63. The van der Waals surface area contributed by atoms with Crippen LogP contribution in [-0.2, 0) is 20.0 Å². The van der Waals surface area contributed by atoms with Gasteiger partial charge in [-0.05, 0) is 32.0 Å². The van der Waals surface area contributed by atoms with Crippen molar-refractivity contribution in [1.82, 2.24) is 24.6 Å². The number of nitrogens with one attached hydrogen (secondary N) is 1. The van der Waals surface area contributed by atoms with Crippen molar-refractivity contribution in [3.05, 3.63) is 36.2 Å². The minimum absolute atomic E-state index is 0.662. The zero-order valence-corrected chi connectivity index (χ0v) is 11.4. The van der Waals surface area contributed by atoms with Gasteiger partial charge in [-0.25, -0.2) is 4.98 Å². The van der Waals surface area contributed by atoms with E-state index in [1.807, 2.05) is 30.5 Å². The molecule has 3 rings (SSSR count). The van der Waals surface area contributed by atoms with Crippen LogP contribution in [0.25, 0.3) is 0 Å². The van der Waals surface area contributed by atoms with Crippen molar-refractivity contribution >= 4 is 0 Å². The summed E-state index contributed by atoms with van der Waals surface area (Å²) in [5.74, 6) is 0.662. The van der Waals surface area contributed by atoms with E-state index in [2.05, 4.69) is 26.0 Å². The molecule has 19 heavy (non-hydrogen) atoms. The van der Waals surface area contributed by atoms with E-state index in [4.69, 9.17) is 0 Å². The van der Waals surface area contributed by atoms with Crippen LogP contribution in [0.4, 0.5) is 0 Å². The Hall–Kier alpha value is -1.62. The molecule has 2 aromatic heterocycles. The quantitative estimate of drug-likeness (QED) is 0.901. The molecule has 3 heterocycles. The van der Waals surface area contributed by atoms with Gasteiger partial charge >= 0.3 is 0 Å². The fraction of sp³-hybridized carbons (Fsp3) is 0.571. The van der Waals surface area contributed by atoms with E-state index >= 15 is 0 Å². The molecule has 0 aliphatic carbocycles. The molecule has 2 aromatic rings. The zero-order chi connectivity index (χ0) is 13.1. The van der Waals surface area contributed by atoms with E-state index in [-0.39, 0.29) is 0 Å². The number of imidazole rings is 1. The molecule has 0 radical (unpaired) electrons. The number of piperidine rings is 1. The third-order valence-corrected chi connectivity index (χ3v) is 4.03. The highest BCUT2D eigenvalue weighted by molar-refractivity contribution is 5.09. The summed E-state index contributed by atoms with van der Waals surface area (Å²) in [4.78, 5) is 4.34. The zero-order valence-electron chi connectivity index (χ0n) is 11.4. The van der Waals surface area contributed by atoms with Gasteiger partial charge in [-0.1, -0.05) is 0 Å². The van der Waals surface area contributed by atoms with Gasteiger partial charge in [-0.2, -0.15) is 5.10 Å². The summed E-state index contributed by atoms with van der Waals surface area (Å²) >= 11 is 0. The smallest absolute Gasteiger partial charge is 0.0948 e. The largest absolute Gasteiger partial charge is 0.334 e. The molecule has 5 heteroatoms. The molecule has 1 aliphatic heterocycles. The van der Waals surface area contributed by atoms with Crippen LogP contribution in [0.1, 0.15) is 30.1 Å². The molecule has 0 spiro atoms. The van der Waals surface area contributed by atoms with Gasteiger partial charge in [-0.3, -0.25) is 4.68 Å². The van der Waals surface area contributed by atoms with Crippen molar-refractivity contribution in [2.24, 2.45) is 7.05 Å². The predicted molar refractivity (Wildman–Crippen MR) is 74.0 cm³/mol. The Labute approximate surface area is 113 Å². The van der Waals surface area contributed by atoms with Gasteiger partial charge in [0, 0.05) is 49.7 Å². The first-order valence-electron chi connectivity index (χ1n) is 7.02. The molecular weight excluding hydrogens is 238 g/mol. The van der Waals surface area contributed by atoms with Crippen LogP contribution < -0.4 is 5.32 Å². The van der Waals surface area contributed by atoms with Crippen LogP contribution in [0.2, 0.25) is 0 Å².